The number of alkyl halides is 3. The Labute approximate surface area is 207 Å². The average molecular weight is 513 g/mol. The van der Waals surface area contributed by atoms with Crippen molar-refractivity contribution < 1.29 is 27.1 Å². The number of carbonyl (C=O) groups is 1. The second kappa shape index (κ2) is 11.3. The van der Waals surface area contributed by atoms with E-state index in [2.05, 4.69) is 30.5 Å². The van der Waals surface area contributed by atoms with Gasteiger partial charge in [-0.3, -0.25) is 4.79 Å². The molecule has 0 aromatic carbocycles. The number of piperazine rings is 1. The van der Waals surface area contributed by atoms with Crippen molar-refractivity contribution in [2.24, 2.45) is 0 Å². The molecule has 0 radical (unpaired) electrons. The lowest BCUT2D eigenvalue weighted by atomic mass is 10.3. The standard InChI is InChI=1S/C22H31F3N8O3/c1-15-18(30-21(36-15)33-9-7-31(2)8-10-33)28-20-27-14-16(22(23,24)25)19(29-20)26-5-3-6-32-11-13-35-12-4-17(32)34/h14H,3-13H2,1-2H3,(H2,26,27,28,29). The Balaban J connectivity index is 1.41. The zero-order valence-corrected chi connectivity index (χ0v) is 20.4. The van der Waals surface area contributed by atoms with Gasteiger partial charge in [-0.25, -0.2) is 4.98 Å². The third-order valence-corrected chi connectivity index (χ3v) is 6.10. The van der Waals surface area contributed by atoms with E-state index < -0.39 is 11.7 Å². The van der Waals surface area contributed by atoms with Gasteiger partial charge in [-0.1, -0.05) is 0 Å². The van der Waals surface area contributed by atoms with Crippen molar-refractivity contribution in [3.63, 3.8) is 0 Å². The molecule has 2 saturated heterocycles. The Morgan fingerprint density at radius 1 is 1.08 bits per heavy atom. The normalized spacial score (nSPS) is 17.9. The van der Waals surface area contributed by atoms with Gasteiger partial charge in [-0.05, 0) is 20.4 Å². The summed E-state index contributed by atoms with van der Waals surface area (Å²) >= 11 is 0. The van der Waals surface area contributed by atoms with Crippen LogP contribution in [0.3, 0.4) is 0 Å². The summed E-state index contributed by atoms with van der Waals surface area (Å²) in [6.45, 7) is 6.92. The molecule has 0 saturated carbocycles. The molecular formula is C22H31F3N8O3. The van der Waals surface area contributed by atoms with E-state index in [1.807, 2.05) is 11.9 Å². The summed E-state index contributed by atoms with van der Waals surface area (Å²) in [5, 5.41) is 5.63. The molecule has 0 spiro atoms. The highest BCUT2D eigenvalue weighted by atomic mass is 19.4. The number of oxazole rings is 1. The number of likely N-dealkylation sites (N-methyl/N-ethyl adjacent to an activating group) is 1. The lowest BCUT2D eigenvalue weighted by Gasteiger charge is -2.31. The van der Waals surface area contributed by atoms with E-state index in [0.717, 1.165) is 32.4 Å². The first-order valence-corrected chi connectivity index (χ1v) is 11.9. The fourth-order valence-electron chi connectivity index (χ4n) is 3.95. The predicted molar refractivity (Wildman–Crippen MR) is 126 cm³/mol. The van der Waals surface area contributed by atoms with Gasteiger partial charge in [0.1, 0.15) is 17.1 Å². The van der Waals surface area contributed by atoms with E-state index in [1.165, 1.54) is 0 Å². The molecule has 2 aromatic heterocycles. The van der Waals surface area contributed by atoms with Gasteiger partial charge >= 0.3 is 6.18 Å². The highest BCUT2D eigenvalue weighted by Crippen LogP contribution is 2.34. The van der Waals surface area contributed by atoms with Gasteiger partial charge in [-0.2, -0.15) is 23.1 Å². The molecule has 2 fully saturated rings. The summed E-state index contributed by atoms with van der Waals surface area (Å²) in [5.74, 6) is 0.429. The molecule has 2 aliphatic heterocycles. The minimum atomic E-state index is -4.63. The van der Waals surface area contributed by atoms with Crippen LogP contribution in [0.5, 0.6) is 0 Å². The van der Waals surface area contributed by atoms with E-state index in [0.29, 0.717) is 56.7 Å². The molecule has 14 heteroatoms. The second-order valence-electron chi connectivity index (χ2n) is 8.79. The van der Waals surface area contributed by atoms with Gasteiger partial charge in [-0.15, -0.1) is 0 Å². The number of ether oxygens (including phenoxy) is 1. The van der Waals surface area contributed by atoms with Crippen LogP contribution in [0.2, 0.25) is 0 Å². The van der Waals surface area contributed by atoms with Crippen molar-refractivity contribution in [2.45, 2.75) is 25.9 Å². The van der Waals surface area contributed by atoms with Crippen LogP contribution in [0.15, 0.2) is 10.6 Å². The fraction of sp³-hybridized carbons (Fsp3) is 0.636. The smallest absolute Gasteiger partial charge is 0.421 e. The second-order valence-corrected chi connectivity index (χ2v) is 8.79. The predicted octanol–water partition coefficient (Wildman–Crippen LogP) is 2.34. The van der Waals surface area contributed by atoms with Gasteiger partial charge in [0.25, 0.3) is 6.01 Å². The Hall–Kier alpha value is -3.13. The van der Waals surface area contributed by atoms with E-state index >= 15 is 0 Å². The third kappa shape index (κ3) is 6.55. The van der Waals surface area contributed by atoms with Gasteiger partial charge in [0, 0.05) is 52.0 Å². The molecule has 4 heterocycles. The maximum Gasteiger partial charge on any atom is 0.421 e. The van der Waals surface area contributed by atoms with Gasteiger partial charge in [0.05, 0.1) is 19.6 Å². The minimum Gasteiger partial charge on any atom is -0.427 e. The van der Waals surface area contributed by atoms with Crippen molar-refractivity contribution in [3.8, 4) is 0 Å². The number of hydrogen-bond donors (Lipinski definition) is 2. The van der Waals surface area contributed by atoms with Crippen LogP contribution < -0.4 is 15.5 Å². The number of halogens is 3. The first kappa shape index (κ1) is 25.9. The molecular weight excluding hydrogens is 481 g/mol. The lowest BCUT2D eigenvalue weighted by molar-refractivity contribution is -0.137. The van der Waals surface area contributed by atoms with E-state index in [-0.39, 0.29) is 24.2 Å². The highest BCUT2D eigenvalue weighted by molar-refractivity contribution is 5.76. The lowest BCUT2D eigenvalue weighted by Crippen LogP contribution is -2.44. The quantitative estimate of drug-likeness (QED) is 0.511. The van der Waals surface area contributed by atoms with Crippen molar-refractivity contribution in [1.29, 1.82) is 0 Å². The molecule has 11 nitrogen and oxygen atoms in total. The Bertz CT molecular complexity index is 1040. The van der Waals surface area contributed by atoms with Crippen LogP contribution in [0.25, 0.3) is 0 Å². The molecule has 0 unspecified atom stereocenters. The number of hydrogen-bond acceptors (Lipinski definition) is 10. The van der Waals surface area contributed by atoms with Crippen LogP contribution in [0, 0.1) is 6.92 Å². The average Bonchev–Trinajstić information content (AvgIpc) is 3.06. The minimum absolute atomic E-state index is 0.0177. The monoisotopic (exact) mass is 512 g/mol. The third-order valence-electron chi connectivity index (χ3n) is 6.10. The number of aryl methyl sites for hydroxylation is 1. The number of aromatic nitrogens is 3. The van der Waals surface area contributed by atoms with Crippen LogP contribution in [-0.2, 0) is 15.7 Å². The zero-order chi connectivity index (χ0) is 25.7. The van der Waals surface area contributed by atoms with Crippen LogP contribution >= 0.6 is 0 Å². The maximum atomic E-state index is 13.6. The van der Waals surface area contributed by atoms with Crippen molar-refractivity contribution in [2.75, 3.05) is 81.6 Å². The molecule has 2 aliphatic rings. The van der Waals surface area contributed by atoms with E-state index in [4.69, 9.17) is 9.15 Å². The summed E-state index contributed by atoms with van der Waals surface area (Å²) in [4.78, 5) is 30.3. The molecule has 198 valence electrons. The molecule has 4 rings (SSSR count). The maximum absolute atomic E-state index is 13.6. The first-order valence-electron chi connectivity index (χ1n) is 11.9. The van der Waals surface area contributed by atoms with Crippen LogP contribution in [-0.4, -0.2) is 96.7 Å². The molecule has 1 amide bonds. The van der Waals surface area contributed by atoms with Crippen LogP contribution in [0.4, 0.5) is 36.8 Å². The fourth-order valence-corrected chi connectivity index (χ4v) is 3.95. The Morgan fingerprint density at radius 3 is 2.61 bits per heavy atom. The summed E-state index contributed by atoms with van der Waals surface area (Å²) in [5.41, 5.74) is -0.970. The number of nitrogens with zero attached hydrogens (tertiary/aromatic N) is 6. The number of amides is 1. The molecule has 0 aliphatic carbocycles. The molecule has 0 bridgehead atoms. The van der Waals surface area contributed by atoms with Gasteiger partial charge < -0.3 is 34.5 Å². The zero-order valence-electron chi connectivity index (χ0n) is 20.4. The Morgan fingerprint density at radius 2 is 1.86 bits per heavy atom. The van der Waals surface area contributed by atoms with Crippen LogP contribution in [0.1, 0.15) is 24.2 Å². The number of nitrogens with one attached hydrogen (secondary N) is 2. The number of anilines is 4. The van der Waals surface area contributed by atoms with Crippen molar-refractivity contribution in [1.82, 2.24) is 24.8 Å². The topological polar surface area (TPSA) is 112 Å². The highest BCUT2D eigenvalue weighted by Gasteiger charge is 2.35. The number of carbonyl (C=O) groups excluding carboxylic acids is 1. The molecule has 2 N–H and O–H groups in total. The summed E-state index contributed by atoms with van der Waals surface area (Å²) < 4.78 is 51.7. The van der Waals surface area contributed by atoms with Gasteiger partial charge in [0.15, 0.2) is 5.82 Å². The summed E-state index contributed by atoms with van der Waals surface area (Å²) in [7, 11) is 2.04. The van der Waals surface area contributed by atoms with Crippen molar-refractivity contribution >= 4 is 29.5 Å². The van der Waals surface area contributed by atoms with E-state index in [1.54, 1.807) is 11.8 Å². The molecule has 2 aromatic rings. The largest absolute Gasteiger partial charge is 0.427 e. The van der Waals surface area contributed by atoms with Crippen molar-refractivity contribution in [3.05, 3.63) is 17.5 Å². The van der Waals surface area contributed by atoms with E-state index in [9.17, 15) is 18.0 Å². The Kier molecular flexibility index (Phi) is 8.14. The first-order chi connectivity index (χ1) is 17.2. The summed E-state index contributed by atoms with van der Waals surface area (Å²) in [6, 6.07) is 0.446. The SMILES string of the molecule is Cc1oc(N2CCN(C)CC2)nc1Nc1ncc(C(F)(F)F)c(NCCCN2CCOCCC2=O)n1. The van der Waals surface area contributed by atoms with Gasteiger partial charge in [0.2, 0.25) is 11.9 Å². The summed E-state index contributed by atoms with van der Waals surface area (Å²) in [6.07, 6.45) is -3.13. The molecule has 0 atom stereocenters. The molecule has 36 heavy (non-hydrogen) atoms. The number of rotatable bonds is 8.